The first-order valence-corrected chi connectivity index (χ1v) is 8.22. The topological polar surface area (TPSA) is 45.5 Å². The number of aromatic nitrogens is 2. The van der Waals surface area contributed by atoms with E-state index in [2.05, 4.69) is 26.5 Å². The van der Waals surface area contributed by atoms with E-state index in [1.165, 1.54) is 11.1 Å². The second-order valence-electron chi connectivity index (χ2n) is 5.91. The maximum Gasteiger partial charge on any atom is 0.193 e. The summed E-state index contributed by atoms with van der Waals surface area (Å²) in [5, 5.41) is 8.47. The molecule has 0 saturated carbocycles. The minimum atomic E-state index is 0. The summed E-state index contributed by atoms with van der Waals surface area (Å²) in [5.41, 5.74) is 2.50. The lowest BCUT2D eigenvalue weighted by atomic mass is 10.0. The van der Waals surface area contributed by atoms with Crippen molar-refractivity contribution in [3.63, 3.8) is 0 Å². The lowest BCUT2D eigenvalue weighted by Gasteiger charge is -2.21. The number of guanidine groups is 1. The highest BCUT2D eigenvalue weighted by Crippen LogP contribution is 2.26. The number of nitrogens with zero attached hydrogens (tertiary/aromatic N) is 4. The number of hydrogen-bond acceptors (Lipinski definition) is 2. The van der Waals surface area contributed by atoms with Crippen molar-refractivity contribution in [3.8, 4) is 0 Å². The molecule has 0 radical (unpaired) electrons. The third kappa shape index (κ3) is 4.63. The molecule has 130 valence electrons. The van der Waals surface area contributed by atoms with Crippen molar-refractivity contribution < 1.29 is 0 Å². The van der Waals surface area contributed by atoms with E-state index in [9.17, 15) is 0 Å². The van der Waals surface area contributed by atoms with Crippen molar-refractivity contribution in [1.29, 1.82) is 0 Å². The Labute approximate surface area is 165 Å². The van der Waals surface area contributed by atoms with Crippen LogP contribution in [0.15, 0.2) is 41.7 Å². The van der Waals surface area contributed by atoms with Crippen LogP contribution in [0, 0.1) is 0 Å². The van der Waals surface area contributed by atoms with E-state index in [0.717, 1.165) is 37.0 Å². The van der Waals surface area contributed by atoms with Crippen molar-refractivity contribution in [2.75, 3.05) is 20.1 Å². The molecule has 1 aliphatic rings. The highest BCUT2D eigenvalue weighted by atomic mass is 127. The Morgan fingerprint density at radius 3 is 2.75 bits per heavy atom. The maximum absolute atomic E-state index is 5.92. The number of rotatable bonds is 3. The minimum Gasteiger partial charge on any atom is -0.352 e. The fraction of sp³-hybridized carbons (Fsp3) is 0.412. The Balaban J connectivity index is 0.00000208. The van der Waals surface area contributed by atoms with Crippen molar-refractivity contribution in [3.05, 3.63) is 52.8 Å². The van der Waals surface area contributed by atoms with E-state index in [1.54, 1.807) is 0 Å². The molecule has 0 aliphatic carbocycles. The first-order chi connectivity index (χ1) is 11.2. The third-order valence-electron chi connectivity index (χ3n) is 4.26. The molecule has 0 bridgehead atoms. The number of halogens is 2. The van der Waals surface area contributed by atoms with Gasteiger partial charge in [-0.15, -0.1) is 24.0 Å². The SMILES string of the molecule is CN=C(NCc1ccc(Cl)cc1)N1CCC(c2cnn(C)c2)C1.I. The van der Waals surface area contributed by atoms with Crippen molar-refractivity contribution in [2.45, 2.75) is 18.9 Å². The number of aliphatic imine (C=N–C) groups is 1. The molecule has 1 saturated heterocycles. The molecule has 1 aromatic heterocycles. The van der Waals surface area contributed by atoms with Gasteiger partial charge in [-0.25, -0.2) is 0 Å². The molecule has 0 spiro atoms. The molecule has 3 rings (SSSR count). The van der Waals surface area contributed by atoms with Crippen LogP contribution in [0.2, 0.25) is 5.02 Å². The lowest BCUT2D eigenvalue weighted by Crippen LogP contribution is -2.39. The van der Waals surface area contributed by atoms with Crippen molar-refractivity contribution in [2.24, 2.45) is 12.0 Å². The zero-order chi connectivity index (χ0) is 16.2. The Morgan fingerprint density at radius 1 is 1.38 bits per heavy atom. The molecule has 0 amide bonds. The van der Waals surface area contributed by atoms with Gasteiger partial charge in [0.2, 0.25) is 0 Å². The molecule has 1 atom stereocenters. The van der Waals surface area contributed by atoms with Gasteiger partial charge in [-0.2, -0.15) is 5.10 Å². The molecule has 5 nitrogen and oxygen atoms in total. The first kappa shape index (κ1) is 19.1. The van der Waals surface area contributed by atoms with Gasteiger partial charge in [0.1, 0.15) is 0 Å². The van der Waals surface area contributed by atoms with Crippen LogP contribution in [0.4, 0.5) is 0 Å². The van der Waals surface area contributed by atoms with Crippen LogP contribution in [-0.2, 0) is 13.6 Å². The zero-order valence-corrected chi connectivity index (χ0v) is 17.0. The van der Waals surface area contributed by atoms with Gasteiger partial charge in [0.05, 0.1) is 6.20 Å². The summed E-state index contributed by atoms with van der Waals surface area (Å²) in [6.45, 7) is 2.74. The quantitative estimate of drug-likeness (QED) is 0.435. The Morgan fingerprint density at radius 2 is 2.12 bits per heavy atom. The average Bonchev–Trinajstić information content (AvgIpc) is 3.19. The van der Waals surface area contributed by atoms with Gasteiger partial charge in [0.25, 0.3) is 0 Å². The Kier molecular flexibility index (Phi) is 6.91. The summed E-state index contributed by atoms with van der Waals surface area (Å²) in [7, 11) is 3.80. The number of benzene rings is 1. The molecule has 1 unspecified atom stereocenters. The molecule has 1 aliphatic heterocycles. The summed E-state index contributed by atoms with van der Waals surface area (Å²) >= 11 is 5.92. The van der Waals surface area contributed by atoms with Gasteiger partial charge in [-0.05, 0) is 29.7 Å². The van der Waals surface area contributed by atoms with Crippen LogP contribution in [-0.4, -0.2) is 40.8 Å². The lowest BCUT2D eigenvalue weighted by molar-refractivity contribution is 0.486. The fourth-order valence-electron chi connectivity index (χ4n) is 2.99. The number of nitrogens with one attached hydrogen (secondary N) is 1. The van der Waals surface area contributed by atoms with Crippen LogP contribution < -0.4 is 5.32 Å². The third-order valence-corrected chi connectivity index (χ3v) is 4.51. The summed E-state index contributed by atoms with van der Waals surface area (Å²) in [6.07, 6.45) is 5.21. The van der Waals surface area contributed by atoms with Crippen LogP contribution in [0.3, 0.4) is 0 Å². The second kappa shape index (κ2) is 8.71. The summed E-state index contributed by atoms with van der Waals surface area (Å²) < 4.78 is 1.87. The average molecular weight is 460 g/mol. The Bertz CT molecular complexity index is 683. The van der Waals surface area contributed by atoms with Gasteiger partial charge < -0.3 is 10.2 Å². The molecule has 7 heteroatoms. The van der Waals surface area contributed by atoms with Crippen LogP contribution in [0.5, 0.6) is 0 Å². The van der Waals surface area contributed by atoms with E-state index < -0.39 is 0 Å². The monoisotopic (exact) mass is 459 g/mol. The van der Waals surface area contributed by atoms with Crippen LogP contribution in [0.25, 0.3) is 0 Å². The molecule has 1 N–H and O–H groups in total. The zero-order valence-electron chi connectivity index (χ0n) is 13.9. The molecule has 1 aromatic carbocycles. The van der Waals surface area contributed by atoms with E-state index in [-0.39, 0.29) is 24.0 Å². The predicted octanol–water partition coefficient (Wildman–Crippen LogP) is 3.26. The summed E-state index contributed by atoms with van der Waals surface area (Å²) in [6, 6.07) is 7.89. The van der Waals surface area contributed by atoms with Gasteiger partial charge in [-0.1, -0.05) is 23.7 Å². The van der Waals surface area contributed by atoms with E-state index in [1.807, 2.05) is 49.2 Å². The highest BCUT2D eigenvalue weighted by Gasteiger charge is 2.26. The van der Waals surface area contributed by atoms with E-state index in [4.69, 9.17) is 11.6 Å². The van der Waals surface area contributed by atoms with Crippen molar-refractivity contribution >= 4 is 41.5 Å². The normalized spacial score (nSPS) is 17.7. The second-order valence-corrected chi connectivity index (χ2v) is 6.34. The molecule has 2 heterocycles. The van der Waals surface area contributed by atoms with E-state index in [0.29, 0.717) is 5.92 Å². The number of likely N-dealkylation sites (tertiary alicyclic amines) is 1. The highest BCUT2D eigenvalue weighted by molar-refractivity contribution is 14.0. The fourth-order valence-corrected chi connectivity index (χ4v) is 3.12. The largest absolute Gasteiger partial charge is 0.352 e. The Hall–Kier alpha value is -1.28. The number of aryl methyl sites for hydroxylation is 1. The first-order valence-electron chi connectivity index (χ1n) is 7.84. The smallest absolute Gasteiger partial charge is 0.193 e. The maximum atomic E-state index is 5.92. The van der Waals surface area contributed by atoms with Gasteiger partial charge in [0.15, 0.2) is 5.96 Å². The van der Waals surface area contributed by atoms with Crippen LogP contribution in [0.1, 0.15) is 23.5 Å². The minimum absolute atomic E-state index is 0. The van der Waals surface area contributed by atoms with Gasteiger partial charge in [-0.3, -0.25) is 9.67 Å². The number of hydrogen-bond donors (Lipinski definition) is 1. The molecule has 2 aromatic rings. The van der Waals surface area contributed by atoms with Crippen molar-refractivity contribution in [1.82, 2.24) is 20.0 Å². The molecular weight excluding hydrogens is 437 g/mol. The van der Waals surface area contributed by atoms with Crippen LogP contribution >= 0.6 is 35.6 Å². The van der Waals surface area contributed by atoms with Gasteiger partial charge in [0, 0.05) is 50.9 Å². The predicted molar refractivity (Wildman–Crippen MR) is 109 cm³/mol. The molecular formula is C17H23ClIN5. The standard InChI is InChI=1S/C17H22ClN5.HI/c1-19-17(20-9-13-3-5-16(18)6-4-13)23-8-7-14(12-23)15-10-21-22(2)11-15;/h3-6,10-11,14H,7-9,12H2,1-2H3,(H,19,20);1H. The van der Waals surface area contributed by atoms with Gasteiger partial charge >= 0.3 is 0 Å². The summed E-state index contributed by atoms with van der Waals surface area (Å²) in [4.78, 5) is 6.73. The van der Waals surface area contributed by atoms with E-state index >= 15 is 0 Å². The molecule has 24 heavy (non-hydrogen) atoms. The molecule has 1 fully saturated rings. The summed E-state index contributed by atoms with van der Waals surface area (Å²) in [5.74, 6) is 1.48.